The third-order valence-corrected chi connectivity index (χ3v) is 5.78. The number of hydrogen-bond acceptors (Lipinski definition) is 5. The van der Waals surface area contributed by atoms with Crippen molar-refractivity contribution in [3.63, 3.8) is 0 Å². The van der Waals surface area contributed by atoms with Crippen molar-refractivity contribution in [2.75, 3.05) is 7.11 Å². The molecule has 1 amide bonds. The summed E-state index contributed by atoms with van der Waals surface area (Å²) in [5, 5.41) is 15.0. The van der Waals surface area contributed by atoms with E-state index < -0.39 is 6.04 Å². The zero-order chi connectivity index (χ0) is 18.1. The fourth-order valence-corrected chi connectivity index (χ4v) is 4.31. The molecule has 0 bridgehead atoms. The van der Waals surface area contributed by atoms with Gasteiger partial charge in [-0.25, -0.2) is 4.68 Å². The molecule has 3 atom stereocenters. The minimum Gasteiger partial charge on any atom is -0.497 e. The Hall–Kier alpha value is -2.44. The van der Waals surface area contributed by atoms with E-state index in [1.54, 1.807) is 11.8 Å². The number of tetrazole rings is 1. The average Bonchev–Trinajstić information content (AvgIpc) is 3.18. The van der Waals surface area contributed by atoms with E-state index in [0.29, 0.717) is 30.1 Å². The number of aromatic nitrogens is 4. The fourth-order valence-electron chi connectivity index (χ4n) is 4.31. The average molecular weight is 355 g/mol. The quantitative estimate of drug-likeness (QED) is 0.858. The molecule has 7 nitrogen and oxygen atoms in total. The van der Waals surface area contributed by atoms with Gasteiger partial charge in [-0.1, -0.05) is 25.0 Å². The SMILES string of the molecule is COc1cccc(C[C@H](C(=O)NC2[C@H]3CCCC[C@H]23)n2nnnc2C)c1. The first-order valence-corrected chi connectivity index (χ1v) is 9.35. The van der Waals surface area contributed by atoms with Crippen molar-refractivity contribution in [3.8, 4) is 5.75 Å². The first-order chi connectivity index (χ1) is 12.7. The molecule has 0 saturated heterocycles. The standard InChI is InChI=1S/C19H25N5O2/c1-12-21-22-23-24(12)17(11-13-6-5-7-14(10-13)26-2)19(25)20-18-15-8-3-4-9-16(15)18/h5-7,10,15-18H,3-4,8-9,11H2,1-2H3,(H,20,25)/t15-,16-,17+/m0/s1. The van der Waals surface area contributed by atoms with Crippen molar-refractivity contribution in [2.24, 2.45) is 11.8 Å². The molecule has 26 heavy (non-hydrogen) atoms. The van der Waals surface area contributed by atoms with Crippen molar-refractivity contribution in [1.29, 1.82) is 0 Å². The van der Waals surface area contributed by atoms with Gasteiger partial charge in [0, 0.05) is 12.5 Å². The summed E-state index contributed by atoms with van der Waals surface area (Å²) in [6, 6.07) is 7.66. The number of hydrogen-bond donors (Lipinski definition) is 1. The molecule has 1 heterocycles. The van der Waals surface area contributed by atoms with Gasteiger partial charge in [0.05, 0.1) is 7.11 Å². The molecule has 1 aromatic heterocycles. The number of benzene rings is 1. The van der Waals surface area contributed by atoms with E-state index >= 15 is 0 Å². The van der Waals surface area contributed by atoms with Crippen molar-refractivity contribution in [1.82, 2.24) is 25.5 Å². The van der Waals surface area contributed by atoms with E-state index in [9.17, 15) is 4.79 Å². The minimum atomic E-state index is -0.459. The topological polar surface area (TPSA) is 81.9 Å². The Kier molecular flexibility index (Phi) is 4.61. The lowest BCUT2D eigenvalue weighted by atomic mass is 10.0. The highest BCUT2D eigenvalue weighted by Gasteiger charge is 2.51. The minimum absolute atomic E-state index is 0.00243. The van der Waals surface area contributed by atoms with Gasteiger partial charge in [0.1, 0.15) is 17.6 Å². The summed E-state index contributed by atoms with van der Waals surface area (Å²) in [6.07, 6.45) is 5.57. The summed E-state index contributed by atoms with van der Waals surface area (Å²) in [4.78, 5) is 13.1. The molecule has 0 aliphatic heterocycles. The van der Waals surface area contributed by atoms with Crippen LogP contribution in [0, 0.1) is 18.8 Å². The van der Waals surface area contributed by atoms with Gasteiger partial charge in [0.15, 0.2) is 0 Å². The van der Waals surface area contributed by atoms with Crippen LogP contribution in [0.1, 0.15) is 43.1 Å². The number of nitrogens with one attached hydrogen (secondary N) is 1. The lowest BCUT2D eigenvalue weighted by Gasteiger charge is -2.18. The van der Waals surface area contributed by atoms with Crippen LogP contribution in [0.15, 0.2) is 24.3 Å². The Morgan fingerprint density at radius 1 is 1.35 bits per heavy atom. The molecule has 1 aromatic carbocycles. The van der Waals surface area contributed by atoms with Gasteiger partial charge in [-0.05, 0) is 59.7 Å². The first kappa shape index (κ1) is 17.0. The number of aryl methyl sites for hydroxylation is 1. The molecular formula is C19H25N5O2. The van der Waals surface area contributed by atoms with E-state index in [-0.39, 0.29) is 5.91 Å². The normalized spacial score (nSPS) is 25.2. The van der Waals surface area contributed by atoms with Gasteiger partial charge in [-0.3, -0.25) is 4.79 Å². The lowest BCUT2D eigenvalue weighted by Crippen LogP contribution is -2.37. The van der Waals surface area contributed by atoms with E-state index in [0.717, 1.165) is 11.3 Å². The predicted molar refractivity (Wildman–Crippen MR) is 95.7 cm³/mol. The van der Waals surface area contributed by atoms with Crippen LogP contribution in [-0.4, -0.2) is 39.3 Å². The summed E-state index contributed by atoms with van der Waals surface area (Å²) in [7, 11) is 1.64. The number of carbonyl (C=O) groups is 1. The Balaban J connectivity index is 1.53. The smallest absolute Gasteiger partial charge is 0.245 e. The van der Waals surface area contributed by atoms with Crippen molar-refractivity contribution in [3.05, 3.63) is 35.7 Å². The molecule has 2 aromatic rings. The number of ether oxygens (including phenoxy) is 1. The number of methoxy groups -OCH3 is 1. The summed E-state index contributed by atoms with van der Waals surface area (Å²) in [5.41, 5.74) is 1.02. The molecule has 4 rings (SSSR count). The van der Waals surface area contributed by atoms with Crippen LogP contribution >= 0.6 is 0 Å². The third-order valence-electron chi connectivity index (χ3n) is 5.78. The van der Waals surface area contributed by atoms with Gasteiger partial charge in [0.2, 0.25) is 5.91 Å². The zero-order valence-corrected chi connectivity index (χ0v) is 15.3. The van der Waals surface area contributed by atoms with Crippen molar-refractivity contribution in [2.45, 2.75) is 51.1 Å². The molecule has 0 spiro atoms. The first-order valence-electron chi connectivity index (χ1n) is 9.35. The Labute approximate surface area is 153 Å². The second-order valence-corrected chi connectivity index (χ2v) is 7.39. The monoisotopic (exact) mass is 355 g/mol. The highest BCUT2D eigenvalue weighted by atomic mass is 16.5. The number of fused-ring (bicyclic) bond motifs is 1. The van der Waals surface area contributed by atoms with Gasteiger partial charge in [-0.15, -0.1) is 5.10 Å². The molecule has 1 N–H and O–H groups in total. The molecular weight excluding hydrogens is 330 g/mol. The summed E-state index contributed by atoms with van der Waals surface area (Å²) in [6.45, 7) is 1.82. The van der Waals surface area contributed by atoms with Gasteiger partial charge < -0.3 is 10.1 Å². The molecule has 2 saturated carbocycles. The molecule has 0 radical (unpaired) electrons. The summed E-state index contributed by atoms with van der Waals surface area (Å²) < 4.78 is 6.93. The van der Waals surface area contributed by atoms with Crippen LogP contribution in [0.2, 0.25) is 0 Å². The van der Waals surface area contributed by atoms with Gasteiger partial charge >= 0.3 is 0 Å². The fraction of sp³-hybridized carbons (Fsp3) is 0.579. The molecule has 138 valence electrons. The van der Waals surface area contributed by atoms with Gasteiger partial charge in [-0.2, -0.15) is 0 Å². The van der Waals surface area contributed by atoms with Crippen LogP contribution in [0.5, 0.6) is 5.75 Å². The van der Waals surface area contributed by atoms with Crippen LogP contribution in [0.25, 0.3) is 0 Å². The molecule has 2 aliphatic rings. The number of amides is 1. The maximum absolute atomic E-state index is 13.1. The van der Waals surface area contributed by atoms with Crippen LogP contribution in [0.4, 0.5) is 0 Å². The second-order valence-electron chi connectivity index (χ2n) is 7.39. The molecule has 7 heteroatoms. The number of rotatable bonds is 6. The van der Waals surface area contributed by atoms with E-state index in [1.807, 2.05) is 31.2 Å². The number of nitrogens with zero attached hydrogens (tertiary/aromatic N) is 4. The highest BCUT2D eigenvalue weighted by Crippen LogP contribution is 2.49. The van der Waals surface area contributed by atoms with Crippen molar-refractivity contribution >= 4 is 5.91 Å². The largest absolute Gasteiger partial charge is 0.497 e. The second kappa shape index (κ2) is 7.05. The molecule has 2 fully saturated rings. The Morgan fingerprint density at radius 3 is 2.77 bits per heavy atom. The maximum Gasteiger partial charge on any atom is 0.245 e. The molecule has 2 aliphatic carbocycles. The maximum atomic E-state index is 13.1. The van der Waals surface area contributed by atoms with Crippen LogP contribution in [0.3, 0.4) is 0 Å². The Bertz CT molecular complexity index is 778. The molecule has 0 unspecified atom stereocenters. The zero-order valence-electron chi connectivity index (χ0n) is 15.3. The summed E-state index contributed by atoms with van der Waals surface area (Å²) in [5.74, 6) is 2.76. The number of carbonyl (C=O) groups excluding carboxylic acids is 1. The van der Waals surface area contributed by atoms with Crippen LogP contribution in [-0.2, 0) is 11.2 Å². The highest BCUT2D eigenvalue weighted by molar-refractivity contribution is 5.81. The summed E-state index contributed by atoms with van der Waals surface area (Å²) >= 11 is 0. The van der Waals surface area contributed by atoms with Crippen LogP contribution < -0.4 is 10.1 Å². The Morgan fingerprint density at radius 2 is 2.12 bits per heavy atom. The van der Waals surface area contributed by atoms with Gasteiger partial charge in [0.25, 0.3) is 0 Å². The van der Waals surface area contributed by atoms with E-state index in [4.69, 9.17) is 4.74 Å². The van der Waals surface area contributed by atoms with E-state index in [1.165, 1.54) is 25.7 Å². The van der Waals surface area contributed by atoms with Crippen molar-refractivity contribution < 1.29 is 9.53 Å². The third kappa shape index (κ3) is 3.30. The lowest BCUT2D eigenvalue weighted by molar-refractivity contribution is -0.125. The predicted octanol–water partition coefficient (Wildman–Crippen LogP) is 2.08. The van der Waals surface area contributed by atoms with E-state index in [2.05, 4.69) is 20.8 Å².